The maximum Gasteiger partial charge on any atom is 0.0642 e. The van der Waals surface area contributed by atoms with Gasteiger partial charge in [0, 0.05) is 43.0 Å². The molecule has 0 N–H and O–H groups in total. The van der Waals surface area contributed by atoms with Gasteiger partial charge >= 0.3 is 0 Å². The zero-order valence-corrected chi connectivity index (χ0v) is 20.0. The van der Waals surface area contributed by atoms with E-state index in [1.807, 2.05) is 0 Å². The van der Waals surface area contributed by atoms with Gasteiger partial charge < -0.3 is 14.5 Å². The van der Waals surface area contributed by atoms with Gasteiger partial charge in [0.05, 0.1) is 13.2 Å². The molecular formula is C31H34N2O. The Morgan fingerprint density at radius 2 is 1.32 bits per heavy atom. The fraction of sp³-hybridized carbons (Fsp3) is 0.355. The van der Waals surface area contributed by atoms with E-state index >= 15 is 0 Å². The molecule has 2 heterocycles. The van der Waals surface area contributed by atoms with Crippen molar-refractivity contribution in [3.8, 4) is 0 Å². The molecule has 0 aromatic heterocycles. The van der Waals surface area contributed by atoms with Gasteiger partial charge in [-0.2, -0.15) is 0 Å². The first kappa shape index (κ1) is 21.5. The van der Waals surface area contributed by atoms with Crippen LogP contribution in [0.25, 0.3) is 6.08 Å². The standard InChI is InChI=1S/C31H34N2O/c1-3-7-27(8-4-1)31(28-10-13-29(14-11-28)32-17-5-2-6-18-32)16-15-25-9-12-30(23-26(25)24-31)33-19-21-34-22-20-33/h1,3-4,7-16,23H,2,5-6,17-22,24H2. The summed E-state index contributed by atoms with van der Waals surface area (Å²) in [5.41, 5.74) is 8.03. The van der Waals surface area contributed by atoms with Crippen LogP contribution in [0.3, 0.4) is 0 Å². The first-order chi connectivity index (χ1) is 16.8. The number of rotatable bonds is 4. The number of piperidine rings is 1. The topological polar surface area (TPSA) is 15.7 Å². The summed E-state index contributed by atoms with van der Waals surface area (Å²) in [5.74, 6) is 0. The molecule has 0 radical (unpaired) electrons. The van der Waals surface area contributed by atoms with Crippen LogP contribution < -0.4 is 9.80 Å². The Kier molecular flexibility index (Phi) is 5.88. The van der Waals surface area contributed by atoms with E-state index in [0.29, 0.717) is 0 Å². The number of benzene rings is 3. The van der Waals surface area contributed by atoms with Crippen molar-refractivity contribution in [2.45, 2.75) is 31.1 Å². The number of nitrogens with zero attached hydrogens (tertiary/aromatic N) is 2. The van der Waals surface area contributed by atoms with E-state index in [1.165, 1.54) is 66.0 Å². The molecule has 3 nitrogen and oxygen atoms in total. The lowest BCUT2D eigenvalue weighted by atomic mass is 9.67. The predicted octanol–water partition coefficient (Wildman–Crippen LogP) is 6.07. The van der Waals surface area contributed by atoms with Crippen molar-refractivity contribution < 1.29 is 4.74 Å². The van der Waals surface area contributed by atoms with Crippen LogP contribution in [0.15, 0.2) is 78.9 Å². The van der Waals surface area contributed by atoms with Gasteiger partial charge in [0.15, 0.2) is 0 Å². The average Bonchev–Trinajstić information content (AvgIpc) is 2.94. The summed E-state index contributed by atoms with van der Waals surface area (Å²) >= 11 is 0. The maximum atomic E-state index is 5.58. The Labute approximate surface area is 203 Å². The third kappa shape index (κ3) is 4.03. The summed E-state index contributed by atoms with van der Waals surface area (Å²) < 4.78 is 5.58. The Hall–Kier alpha value is -3.04. The van der Waals surface area contributed by atoms with Crippen molar-refractivity contribution >= 4 is 17.5 Å². The van der Waals surface area contributed by atoms with Crippen molar-refractivity contribution in [2.24, 2.45) is 0 Å². The van der Waals surface area contributed by atoms with Crippen LogP contribution in [0, 0.1) is 0 Å². The number of ether oxygens (including phenoxy) is 1. The van der Waals surface area contributed by atoms with Crippen LogP contribution in [0.2, 0.25) is 0 Å². The molecule has 1 atom stereocenters. The van der Waals surface area contributed by atoms with E-state index in [9.17, 15) is 0 Å². The molecule has 3 heteroatoms. The lowest BCUT2D eigenvalue weighted by molar-refractivity contribution is 0.122. The summed E-state index contributed by atoms with van der Waals surface area (Å²) in [7, 11) is 0. The smallest absolute Gasteiger partial charge is 0.0642 e. The second-order valence-corrected chi connectivity index (χ2v) is 9.92. The van der Waals surface area contributed by atoms with Gasteiger partial charge in [0.2, 0.25) is 0 Å². The summed E-state index contributed by atoms with van der Waals surface area (Å²) in [4.78, 5) is 5.00. The minimum atomic E-state index is -0.154. The van der Waals surface area contributed by atoms with E-state index in [-0.39, 0.29) is 5.41 Å². The Bertz CT molecular complexity index is 1140. The lowest BCUT2D eigenvalue weighted by Gasteiger charge is -2.37. The van der Waals surface area contributed by atoms with Gasteiger partial charge in [-0.25, -0.2) is 0 Å². The van der Waals surface area contributed by atoms with E-state index in [1.54, 1.807) is 0 Å². The van der Waals surface area contributed by atoms with Crippen LogP contribution in [-0.2, 0) is 16.6 Å². The molecule has 0 saturated carbocycles. The highest BCUT2D eigenvalue weighted by Crippen LogP contribution is 2.43. The number of hydrogen-bond donors (Lipinski definition) is 0. The second kappa shape index (κ2) is 9.31. The van der Waals surface area contributed by atoms with Crippen LogP contribution >= 0.6 is 0 Å². The monoisotopic (exact) mass is 450 g/mol. The molecule has 0 amide bonds. The van der Waals surface area contributed by atoms with Crippen molar-refractivity contribution in [1.29, 1.82) is 0 Å². The van der Waals surface area contributed by atoms with E-state index in [4.69, 9.17) is 4.74 Å². The Morgan fingerprint density at radius 3 is 2.09 bits per heavy atom. The van der Waals surface area contributed by atoms with Crippen molar-refractivity contribution in [1.82, 2.24) is 0 Å². The average molecular weight is 451 g/mol. The van der Waals surface area contributed by atoms with Crippen LogP contribution in [0.5, 0.6) is 0 Å². The number of hydrogen-bond acceptors (Lipinski definition) is 3. The molecular weight excluding hydrogens is 416 g/mol. The quantitative estimate of drug-likeness (QED) is 0.480. The van der Waals surface area contributed by atoms with Gasteiger partial charge in [-0.1, -0.05) is 60.7 Å². The van der Waals surface area contributed by atoms with Crippen molar-refractivity contribution in [2.75, 3.05) is 49.2 Å². The van der Waals surface area contributed by atoms with E-state index in [0.717, 1.165) is 32.7 Å². The molecule has 6 rings (SSSR count). The van der Waals surface area contributed by atoms with Gasteiger partial charge in [-0.05, 0) is 72.2 Å². The van der Waals surface area contributed by atoms with Crippen LogP contribution in [0.1, 0.15) is 41.5 Å². The Morgan fingerprint density at radius 1 is 0.647 bits per heavy atom. The van der Waals surface area contributed by atoms with Gasteiger partial charge in [0.25, 0.3) is 0 Å². The molecule has 1 unspecified atom stereocenters. The molecule has 174 valence electrons. The fourth-order valence-corrected chi connectivity index (χ4v) is 5.94. The molecule has 2 fully saturated rings. The van der Waals surface area contributed by atoms with E-state index < -0.39 is 0 Å². The highest BCUT2D eigenvalue weighted by Gasteiger charge is 2.35. The zero-order valence-electron chi connectivity index (χ0n) is 20.0. The number of morpholine rings is 1. The molecule has 2 saturated heterocycles. The maximum absolute atomic E-state index is 5.58. The number of anilines is 2. The molecule has 3 aromatic carbocycles. The first-order valence-corrected chi connectivity index (χ1v) is 12.9. The molecule has 1 aliphatic carbocycles. The first-order valence-electron chi connectivity index (χ1n) is 12.9. The molecule has 34 heavy (non-hydrogen) atoms. The molecule has 3 aromatic rings. The van der Waals surface area contributed by atoms with Crippen LogP contribution in [-0.4, -0.2) is 39.4 Å². The zero-order chi connectivity index (χ0) is 22.8. The fourth-order valence-electron chi connectivity index (χ4n) is 5.94. The summed E-state index contributed by atoms with van der Waals surface area (Å²) in [6.07, 6.45) is 9.73. The highest BCUT2D eigenvalue weighted by atomic mass is 16.5. The lowest BCUT2D eigenvalue weighted by Crippen LogP contribution is -2.36. The number of allylic oxidation sites excluding steroid dienone is 1. The highest BCUT2D eigenvalue weighted by molar-refractivity contribution is 5.68. The normalized spacial score (nSPS) is 22.5. The largest absolute Gasteiger partial charge is 0.378 e. The van der Waals surface area contributed by atoms with Crippen molar-refractivity contribution in [3.63, 3.8) is 0 Å². The predicted molar refractivity (Wildman–Crippen MR) is 142 cm³/mol. The van der Waals surface area contributed by atoms with Gasteiger partial charge in [-0.3, -0.25) is 0 Å². The third-order valence-corrected chi connectivity index (χ3v) is 7.91. The molecule has 0 bridgehead atoms. The summed E-state index contributed by atoms with van der Waals surface area (Å²) in [6.45, 7) is 5.93. The minimum absolute atomic E-state index is 0.154. The third-order valence-electron chi connectivity index (χ3n) is 7.91. The van der Waals surface area contributed by atoms with E-state index in [2.05, 4.69) is 94.7 Å². The van der Waals surface area contributed by atoms with Crippen LogP contribution in [0.4, 0.5) is 11.4 Å². The Balaban J connectivity index is 1.37. The number of fused-ring (bicyclic) bond motifs is 1. The second-order valence-electron chi connectivity index (χ2n) is 9.92. The molecule has 0 spiro atoms. The van der Waals surface area contributed by atoms with Crippen molar-refractivity contribution in [3.05, 3.63) is 101 Å². The van der Waals surface area contributed by atoms with Gasteiger partial charge in [-0.15, -0.1) is 0 Å². The molecule has 3 aliphatic rings. The summed E-state index contributed by atoms with van der Waals surface area (Å²) in [5, 5.41) is 0. The van der Waals surface area contributed by atoms with Gasteiger partial charge in [0.1, 0.15) is 0 Å². The minimum Gasteiger partial charge on any atom is -0.378 e. The SMILES string of the molecule is C1=CC(c2ccccc2)(c2ccc(N3CCCCC3)cc2)Cc2cc(N3CCOCC3)ccc21. The summed E-state index contributed by atoms with van der Waals surface area (Å²) in [6, 6.07) is 27.5. The molecule has 2 aliphatic heterocycles.